The van der Waals surface area contributed by atoms with Crippen molar-refractivity contribution in [2.45, 2.75) is 38.5 Å². The lowest BCUT2D eigenvalue weighted by molar-refractivity contribution is -0.115. The number of fused-ring (bicyclic) bond motifs is 1. The van der Waals surface area contributed by atoms with Crippen molar-refractivity contribution in [1.82, 2.24) is 10.3 Å². The van der Waals surface area contributed by atoms with Gasteiger partial charge in [-0.1, -0.05) is 25.0 Å². The van der Waals surface area contributed by atoms with Crippen LogP contribution < -0.4 is 10.6 Å². The second-order valence-electron chi connectivity index (χ2n) is 6.01. The monoisotopic (exact) mass is 469 g/mol. The molecular formula is C18H20IN3O2S. The Balaban J connectivity index is 1.55. The first-order valence-corrected chi connectivity index (χ1v) is 10.3. The summed E-state index contributed by atoms with van der Waals surface area (Å²) in [7, 11) is 0. The van der Waals surface area contributed by atoms with Crippen LogP contribution in [0.4, 0.5) is 5.13 Å². The second kappa shape index (κ2) is 8.75. The molecule has 2 aromatic rings. The van der Waals surface area contributed by atoms with Crippen molar-refractivity contribution in [3.8, 4) is 0 Å². The Bertz CT molecular complexity index is 750. The van der Waals surface area contributed by atoms with Gasteiger partial charge in [-0.3, -0.25) is 9.59 Å². The van der Waals surface area contributed by atoms with E-state index in [2.05, 4.69) is 38.2 Å². The van der Waals surface area contributed by atoms with Crippen molar-refractivity contribution in [2.24, 2.45) is 0 Å². The fourth-order valence-electron chi connectivity index (χ4n) is 2.82. The highest BCUT2D eigenvalue weighted by Gasteiger charge is 2.15. The largest absolute Gasteiger partial charge is 0.343 e. The maximum absolute atomic E-state index is 12.1. The van der Waals surface area contributed by atoms with Gasteiger partial charge in [0.1, 0.15) is 0 Å². The molecule has 0 bridgehead atoms. The molecule has 0 spiro atoms. The van der Waals surface area contributed by atoms with E-state index >= 15 is 0 Å². The zero-order valence-electron chi connectivity index (χ0n) is 13.8. The van der Waals surface area contributed by atoms with Crippen molar-refractivity contribution in [3.05, 3.63) is 44.0 Å². The Kier molecular flexibility index (Phi) is 6.41. The van der Waals surface area contributed by atoms with Crippen LogP contribution >= 0.6 is 33.9 Å². The molecule has 5 nitrogen and oxygen atoms in total. The molecule has 1 aliphatic rings. The molecule has 0 unspecified atom stereocenters. The van der Waals surface area contributed by atoms with Gasteiger partial charge in [-0.15, -0.1) is 11.3 Å². The first-order valence-electron chi connectivity index (χ1n) is 8.44. The highest BCUT2D eigenvalue weighted by Crippen LogP contribution is 2.28. The lowest BCUT2D eigenvalue weighted by atomic mass is 10.0. The standard InChI is InChI=1S/C18H20IN3O2S/c19-13-8-6-5-7-12(13)17(24)20-11-16(23)22-18-21-14-9-3-1-2-4-10-15(14)25-18/h5-8H,1-4,9-11H2,(H,20,24)(H,21,22,23). The summed E-state index contributed by atoms with van der Waals surface area (Å²) >= 11 is 3.67. The molecule has 1 heterocycles. The van der Waals surface area contributed by atoms with E-state index in [0.29, 0.717) is 10.7 Å². The normalized spacial score (nSPS) is 14.1. The van der Waals surface area contributed by atoms with Crippen LogP contribution in [0.1, 0.15) is 46.6 Å². The third-order valence-corrected chi connectivity index (χ3v) is 6.13. The number of halogens is 1. The first kappa shape index (κ1) is 18.3. The van der Waals surface area contributed by atoms with Crippen molar-refractivity contribution in [1.29, 1.82) is 0 Å². The van der Waals surface area contributed by atoms with Gasteiger partial charge in [0.2, 0.25) is 5.91 Å². The first-order chi connectivity index (χ1) is 12.1. The van der Waals surface area contributed by atoms with Crippen LogP contribution in [-0.2, 0) is 17.6 Å². The third-order valence-electron chi connectivity index (χ3n) is 4.12. The van der Waals surface area contributed by atoms with Crippen LogP contribution in [0.5, 0.6) is 0 Å². The number of hydrogen-bond acceptors (Lipinski definition) is 4. The molecule has 25 heavy (non-hydrogen) atoms. The summed E-state index contributed by atoms with van der Waals surface area (Å²) in [6.07, 6.45) is 6.91. The maximum atomic E-state index is 12.1. The van der Waals surface area contributed by atoms with Gasteiger partial charge >= 0.3 is 0 Å². The fourth-order valence-corrected chi connectivity index (χ4v) is 4.52. The number of thiazole rings is 1. The minimum atomic E-state index is -0.249. The molecule has 1 aliphatic carbocycles. The fraction of sp³-hybridized carbons (Fsp3) is 0.389. The number of carbonyl (C=O) groups is 2. The maximum Gasteiger partial charge on any atom is 0.252 e. The average molecular weight is 469 g/mol. The summed E-state index contributed by atoms with van der Waals surface area (Å²) in [5.41, 5.74) is 1.70. The number of nitrogens with one attached hydrogen (secondary N) is 2. The van der Waals surface area contributed by atoms with Crippen LogP contribution in [-0.4, -0.2) is 23.3 Å². The highest BCUT2D eigenvalue weighted by molar-refractivity contribution is 14.1. The van der Waals surface area contributed by atoms with E-state index in [1.54, 1.807) is 17.4 Å². The van der Waals surface area contributed by atoms with Gasteiger partial charge in [-0.2, -0.15) is 0 Å². The van der Waals surface area contributed by atoms with E-state index in [0.717, 1.165) is 28.5 Å². The zero-order valence-corrected chi connectivity index (χ0v) is 16.8. The molecule has 0 aliphatic heterocycles. The van der Waals surface area contributed by atoms with Gasteiger partial charge in [0, 0.05) is 8.45 Å². The molecule has 0 fully saturated rings. The lowest BCUT2D eigenvalue weighted by Crippen LogP contribution is -2.33. The van der Waals surface area contributed by atoms with E-state index in [1.807, 2.05) is 18.2 Å². The molecule has 0 radical (unpaired) electrons. The smallest absolute Gasteiger partial charge is 0.252 e. The zero-order chi connectivity index (χ0) is 17.6. The van der Waals surface area contributed by atoms with Crippen molar-refractivity contribution < 1.29 is 9.59 Å². The molecule has 1 aromatic carbocycles. The van der Waals surface area contributed by atoms with E-state index in [4.69, 9.17) is 0 Å². The Morgan fingerprint density at radius 1 is 1.12 bits per heavy atom. The van der Waals surface area contributed by atoms with E-state index in [1.165, 1.54) is 24.1 Å². The molecule has 132 valence electrons. The van der Waals surface area contributed by atoms with Crippen molar-refractivity contribution >= 4 is 50.9 Å². The summed E-state index contributed by atoms with van der Waals surface area (Å²) in [5, 5.41) is 6.12. The van der Waals surface area contributed by atoms with Gasteiger partial charge in [0.25, 0.3) is 5.91 Å². The van der Waals surface area contributed by atoms with Crippen LogP contribution in [0.25, 0.3) is 0 Å². The average Bonchev–Trinajstić information content (AvgIpc) is 2.94. The van der Waals surface area contributed by atoms with E-state index < -0.39 is 0 Å². The quantitative estimate of drug-likeness (QED) is 0.670. The molecule has 2 amide bonds. The van der Waals surface area contributed by atoms with Crippen molar-refractivity contribution in [3.63, 3.8) is 0 Å². The molecular weight excluding hydrogens is 449 g/mol. The minimum Gasteiger partial charge on any atom is -0.343 e. The van der Waals surface area contributed by atoms with Crippen LogP contribution in [0.15, 0.2) is 24.3 Å². The summed E-state index contributed by atoms with van der Waals surface area (Å²) in [6, 6.07) is 7.29. The number of carbonyl (C=O) groups excluding carboxylic acids is 2. The third kappa shape index (κ3) is 5.01. The number of benzene rings is 1. The molecule has 0 atom stereocenters. The molecule has 2 N–H and O–H groups in total. The molecule has 0 saturated heterocycles. The number of aromatic nitrogens is 1. The van der Waals surface area contributed by atoms with Gasteiger partial charge in [-0.25, -0.2) is 4.98 Å². The lowest BCUT2D eigenvalue weighted by Gasteiger charge is -2.06. The SMILES string of the molecule is O=C(CNC(=O)c1ccccc1I)Nc1nc2c(s1)CCCCCC2. The topological polar surface area (TPSA) is 71.1 Å². The predicted molar refractivity (Wildman–Crippen MR) is 108 cm³/mol. The van der Waals surface area contributed by atoms with Crippen LogP contribution in [0.3, 0.4) is 0 Å². The Labute approximate surface area is 164 Å². The number of nitrogens with zero attached hydrogens (tertiary/aromatic N) is 1. The number of anilines is 1. The van der Waals surface area contributed by atoms with Crippen LogP contribution in [0.2, 0.25) is 0 Å². The number of rotatable bonds is 4. The van der Waals surface area contributed by atoms with Crippen LogP contribution in [0, 0.1) is 3.57 Å². The number of aryl methyl sites for hydroxylation is 2. The van der Waals surface area contributed by atoms with Gasteiger partial charge in [0.15, 0.2) is 5.13 Å². The van der Waals surface area contributed by atoms with E-state index in [9.17, 15) is 9.59 Å². The summed E-state index contributed by atoms with van der Waals surface area (Å²) in [6.45, 7) is -0.0615. The van der Waals surface area contributed by atoms with Gasteiger partial charge in [0.05, 0.1) is 17.8 Å². The number of amides is 2. The Hall–Kier alpha value is -1.48. The molecule has 3 rings (SSSR count). The molecule has 7 heteroatoms. The number of hydrogen-bond donors (Lipinski definition) is 2. The minimum absolute atomic E-state index is 0.0615. The summed E-state index contributed by atoms with van der Waals surface area (Å²) < 4.78 is 0.859. The molecule has 1 aromatic heterocycles. The molecule has 0 saturated carbocycles. The van der Waals surface area contributed by atoms with Gasteiger partial charge in [-0.05, 0) is 60.4 Å². The Morgan fingerprint density at radius 2 is 1.88 bits per heavy atom. The van der Waals surface area contributed by atoms with Gasteiger partial charge < -0.3 is 10.6 Å². The predicted octanol–water partition coefficient (Wildman–Crippen LogP) is 3.78. The highest BCUT2D eigenvalue weighted by atomic mass is 127. The Morgan fingerprint density at radius 3 is 2.68 bits per heavy atom. The van der Waals surface area contributed by atoms with Crippen molar-refractivity contribution in [2.75, 3.05) is 11.9 Å². The summed E-state index contributed by atoms with van der Waals surface area (Å²) in [4.78, 5) is 30.1. The second-order valence-corrected chi connectivity index (χ2v) is 8.26. The van der Waals surface area contributed by atoms with E-state index in [-0.39, 0.29) is 18.4 Å². The summed E-state index contributed by atoms with van der Waals surface area (Å²) in [5.74, 6) is -0.493.